The van der Waals surface area contributed by atoms with Gasteiger partial charge in [0.15, 0.2) is 6.10 Å². The van der Waals surface area contributed by atoms with Gasteiger partial charge < -0.3 is 10.1 Å². The Labute approximate surface area is 119 Å². The van der Waals surface area contributed by atoms with Gasteiger partial charge in [-0.1, -0.05) is 36.8 Å². The van der Waals surface area contributed by atoms with Gasteiger partial charge in [-0.25, -0.2) is 4.79 Å². The number of carbonyl (C=O) groups excluding carboxylic acids is 2. The van der Waals surface area contributed by atoms with E-state index in [1.165, 1.54) is 6.08 Å². The third kappa shape index (κ3) is 5.69. The van der Waals surface area contributed by atoms with Crippen molar-refractivity contribution < 1.29 is 14.3 Å². The van der Waals surface area contributed by atoms with Crippen molar-refractivity contribution in [3.05, 3.63) is 41.5 Å². The summed E-state index contributed by atoms with van der Waals surface area (Å²) in [6.07, 6.45) is 3.06. The summed E-state index contributed by atoms with van der Waals surface area (Å²) in [5, 5.41) is 2.68. The minimum Gasteiger partial charge on any atom is -0.449 e. The van der Waals surface area contributed by atoms with Crippen molar-refractivity contribution in [2.24, 2.45) is 0 Å². The molecule has 0 aliphatic carbocycles. The highest BCUT2D eigenvalue weighted by atomic mass is 16.5. The molecule has 0 aliphatic rings. The largest absolute Gasteiger partial charge is 0.449 e. The molecule has 0 aliphatic heterocycles. The van der Waals surface area contributed by atoms with Crippen LogP contribution in [-0.2, 0) is 14.3 Å². The van der Waals surface area contributed by atoms with Crippen molar-refractivity contribution in [2.45, 2.75) is 33.3 Å². The molecule has 1 N–H and O–H groups in total. The summed E-state index contributed by atoms with van der Waals surface area (Å²) in [4.78, 5) is 23.1. The number of esters is 1. The Hall–Kier alpha value is -2.10. The summed E-state index contributed by atoms with van der Waals surface area (Å²) in [6, 6.07) is 7.75. The fourth-order valence-electron chi connectivity index (χ4n) is 1.50. The van der Waals surface area contributed by atoms with Gasteiger partial charge >= 0.3 is 5.97 Å². The third-order valence-electron chi connectivity index (χ3n) is 2.70. The highest BCUT2D eigenvalue weighted by molar-refractivity contribution is 5.90. The van der Waals surface area contributed by atoms with Crippen LogP contribution in [0.15, 0.2) is 30.3 Å². The van der Waals surface area contributed by atoms with Gasteiger partial charge in [0.05, 0.1) is 0 Å². The first-order chi connectivity index (χ1) is 9.52. The molecule has 0 heterocycles. The van der Waals surface area contributed by atoms with Gasteiger partial charge in [-0.15, -0.1) is 0 Å². The van der Waals surface area contributed by atoms with Crippen molar-refractivity contribution in [3.8, 4) is 0 Å². The van der Waals surface area contributed by atoms with Crippen LogP contribution in [0.5, 0.6) is 0 Å². The number of ether oxygens (including phenoxy) is 1. The Balaban J connectivity index is 2.46. The van der Waals surface area contributed by atoms with E-state index in [9.17, 15) is 9.59 Å². The lowest BCUT2D eigenvalue weighted by atomic mass is 10.1. The monoisotopic (exact) mass is 275 g/mol. The van der Waals surface area contributed by atoms with Gasteiger partial charge in [0, 0.05) is 12.6 Å². The summed E-state index contributed by atoms with van der Waals surface area (Å²) in [5.74, 6) is -0.798. The van der Waals surface area contributed by atoms with E-state index in [4.69, 9.17) is 4.74 Å². The van der Waals surface area contributed by atoms with Crippen LogP contribution in [0.1, 0.15) is 31.4 Å². The number of carbonyl (C=O) groups is 2. The summed E-state index contributed by atoms with van der Waals surface area (Å²) in [7, 11) is 0. The SMILES string of the molecule is CCCNC(=O)C(C)OC(=O)/C=C/c1ccc(C)cc1. The Morgan fingerprint density at radius 1 is 1.30 bits per heavy atom. The number of benzene rings is 1. The number of nitrogens with one attached hydrogen (secondary N) is 1. The molecule has 0 spiro atoms. The zero-order valence-corrected chi connectivity index (χ0v) is 12.2. The van der Waals surface area contributed by atoms with Crippen LogP contribution in [0.3, 0.4) is 0 Å². The number of hydrogen-bond acceptors (Lipinski definition) is 3. The quantitative estimate of drug-likeness (QED) is 0.641. The predicted octanol–water partition coefficient (Wildman–Crippen LogP) is 2.47. The van der Waals surface area contributed by atoms with Crippen LogP contribution in [0.25, 0.3) is 6.08 Å². The number of hydrogen-bond donors (Lipinski definition) is 1. The molecular formula is C16H21NO3. The smallest absolute Gasteiger partial charge is 0.331 e. The Morgan fingerprint density at radius 3 is 2.55 bits per heavy atom. The van der Waals surface area contributed by atoms with Crippen LogP contribution >= 0.6 is 0 Å². The third-order valence-corrected chi connectivity index (χ3v) is 2.70. The minimum atomic E-state index is -0.781. The van der Waals surface area contributed by atoms with Gasteiger partial charge in [0.1, 0.15) is 0 Å². The summed E-state index contributed by atoms with van der Waals surface area (Å²) >= 11 is 0. The molecule has 20 heavy (non-hydrogen) atoms. The molecule has 4 heteroatoms. The van der Waals surface area contributed by atoms with Crippen LogP contribution in [-0.4, -0.2) is 24.5 Å². The van der Waals surface area contributed by atoms with E-state index < -0.39 is 12.1 Å². The maximum Gasteiger partial charge on any atom is 0.331 e. The maximum atomic E-state index is 11.6. The van der Waals surface area contributed by atoms with Crippen LogP contribution in [0.2, 0.25) is 0 Å². The molecule has 0 aromatic heterocycles. The van der Waals surface area contributed by atoms with Crippen LogP contribution in [0, 0.1) is 6.92 Å². The molecule has 0 saturated carbocycles. The molecule has 4 nitrogen and oxygen atoms in total. The Kier molecular flexibility index (Phi) is 6.50. The van der Waals surface area contributed by atoms with Crippen molar-refractivity contribution in [1.82, 2.24) is 5.32 Å². The number of rotatable bonds is 6. The van der Waals surface area contributed by atoms with Crippen molar-refractivity contribution in [1.29, 1.82) is 0 Å². The van der Waals surface area contributed by atoms with Gasteiger partial charge in [0.2, 0.25) is 0 Å². The predicted molar refractivity (Wildman–Crippen MR) is 79.1 cm³/mol. The van der Waals surface area contributed by atoms with E-state index in [1.807, 2.05) is 38.1 Å². The maximum absolute atomic E-state index is 11.6. The summed E-state index contributed by atoms with van der Waals surface area (Å²) in [6.45, 7) is 6.10. The molecular weight excluding hydrogens is 254 g/mol. The van der Waals surface area contributed by atoms with Gasteiger partial charge in [0.25, 0.3) is 5.91 Å². The number of aryl methyl sites for hydroxylation is 1. The van der Waals surface area contributed by atoms with E-state index >= 15 is 0 Å². The number of amides is 1. The average molecular weight is 275 g/mol. The lowest BCUT2D eigenvalue weighted by Gasteiger charge is -2.11. The topological polar surface area (TPSA) is 55.4 Å². The molecule has 1 aromatic rings. The van der Waals surface area contributed by atoms with Crippen LogP contribution in [0.4, 0.5) is 0 Å². The molecule has 1 unspecified atom stereocenters. The molecule has 0 saturated heterocycles. The average Bonchev–Trinajstić information content (AvgIpc) is 2.44. The highest BCUT2D eigenvalue weighted by Gasteiger charge is 2.15. The summed E-state index contributed by atoms with van der Waals surface area (Å²) < 4.78 is 5.02. The second-order valence-corrected chi connectivity index (χ2v) is 4.61. The van der Waals surface area contributed by atoms with Crippen molar-refractivity contribution in [2.75, 3.05) is 6.54 Å². The standard InChI is InChI=1S/C16H21NO3/c1-4-11-17-16(19)13(3)20-15(18)10-9-14-7-5-12(2)6-8-14/h5-10,13H,4,11H2,1-3H3,(H,17,19)/b10-9+. The molecule has 1 aromatic carbocycles. The second-order valence-electron chi connectivity index (χ2n) is 4.61. The fourth-order valence-corrected chi connectivity index (χ4v) is 1.50. The zero-order valence-electron chi connectivity index (χ0n) is 12.2. The summed E-state index contributed by atoms with van der Waals surface area (Å²) in [5.41, 5.74) is 2.07. The van der Waals surface area contributed by atoms with E-state index in [0.29, 0.717) is 6.54 Å². The van der Waals surface area contributed by atoms with Crippen LogP contribution < -0.4 is 5.32 Å². The lowest BCUT2D eigenvalue weighted by molar-refractivity contribution is -0.150. The van der Waals surface area contributed by atoms with Gasteiger partial charge in [-0.2, -0.15) is 0 Å². The fraction of sp³-hybridized carbons (Fsp3) is 0.375. The van der Waals surface area contributed by atoms with Gasteiger partial charge in [-0.3, -0.25) is 4.79 Å². The molecule has 1 atom stereocenters. The van der Waals surface area contributed by atoms with E-state index in [1.54, 1.807) is 13.0 Å². The van der Waals surface area contributed by atoms with E-state index in [-0.39, 0.29) is 5.91 Å². The Morgan fingerprint density at radius 2 is 1.95 bits per heavy atom. The minimum absolute atomic E-state index is 0.274. The lowest BCUT2D eigenvalue weighted by Crippen LogP contribution is -2.35. The molecule has 1 rings (SSSR count). The first-order valence-electron chi connectivity index (χ1n) is 6.76. The Bertz CT molecular complexity index is 477. The van der Waals surface area contributed by atoms with Gasteiger partial charge in [-0.05, 0) is 31.9 Å². The zero-order chi connectivity index (χ0) is 15.0. The second kappa shape index (κ2) is 8.15. The molecule has 0 radical (unpaired) electrons. The molecule has 108 valence electrons. The molecule has 1 amide bonds. The molecule has 0 bridgehead atoms. The van der Waals surface area contributed by atoms with Crippen molar-refractivity contribution in [3.63, 3.8) is 0 Å². The highest BCUT2D eigenvalue weighted by Crippen LogP contribution is 2.05. The van der Waals surface area contributed by atoms with Crippen molar-refractivity contribution >= 4 is 18.0 Å². The normalized spacial score (nSPS) is 12.2. The molecule has 0 fully saturated rings. The van der Waals surface area contributed by atoms with E-state index in [0.717, 1.165) is 17.5 Å². The first kappa shape index (κ1) is 16.0. The first-order valence-corrected chi connectivity index (χ1v) is 6.76. The van der Waals surface area contributed by atoms with E-state index in [2.05, 4.69) is 5.32 Å².